The van der Waals surface area contributed by atoms with Crippen molar-refractivity contribution in [2.24, 2.45) is 0 Å². The molecular formula is C9H9BrN2. The van der Waals surface area contributed by atoms with Gasteiger partial charge in [0.05, 0.1) is 0 Å². The Kier molecular flexibility index (Phi) is 1.68. The Morgan fingerprint density at radius 2 is 2.17 bits per heavy atom. The number of aryl methyl sites for hydroxylation is 2. The first kappa shape index (κ1) is 7.80. The number of aromatic nitrogens is 2. The summed E-state index contributed by atoms with van der Waals surface area (Å²) in [5.74, 6) is 0. The van der Waals surface area contributed by atoms with E-state index >= 15 is 0 Å². The number of pyridine rings is 1. The second-order valence-electron chi connectivity index (χ2n) is 2.92. The van der Waals surface area contributed by atoms with Crippen molar-refractivity contribution in [1.82, 2.24) is 9.38 Å². The van der Waals surface area contributed by atoms with Gasteiger partial charge in [0.2, 0.25) is 0 Å². The van der Waals surface area contributed by atoms with E-state index in [4.69, 9.17) is 0 Å². The maximum Gasteiger partial charge on any atom is 0.141 e. The second kappa shape index (κ2) is 2.59. The minimum atomic E-state index is 0.885. The molecule has 0 amide bonds. The lowest BCUT2D eigenvalue weighted by atomic mass is 10.2. The van der Waals surface area contributed by atoms with E-state index < -0.39 is 0 Å². The third-order valence-corrected chi connectivity index (χ3v) is 2.50. The number of imidazole rings is 1. The van der Waals surface area contributed by atoms with Gasteiger partial charge in [0, 0.05) is 12.4 Å². The van der Waals surface area contributed by atoms with E-state index in [-0.39, 0.29) is 0 Å². The van der Waals surface area contributed by atoms with Crippen molar-refractivity contribution in [1.29, 1.82) is 0 Å². The van der Waals surface area contributed by atoms with Crippen LogP contribution in [-0.4, -0.2) is 9.38 Å². The Morgan fingerprint density at radius 3 is 2.92 bits per heavy atom. The number of hydrogen-bond acceptors (Lipinski definition) is 1. The highest BCUT2D eigenvalue weighted by Crippen LogP contribution is 2.16. The molecule has 0 spiro atoms. The molecule has 0 aliphatic carbocycles. The summed E-state index contributed by atoms with van der Waals surface area (Å²) < 4.78 is 2.91. The molecule has 0 radical (unpaired) electrons. The lowest BCUT2D eigenvalue weighted by Crippen LogP contribution is -1.89. The van der Waals surface area contributed by atoms with Gasteiger partial charge in [-0.05, 0) is 47.0 Å². The highest BCUT2D eigenvalue weighted by atomic mass is 79.9. The first-order valence-electron chi connectivity index (χ1n) is 3.79. The van der Waals surface area contributed by atoms with Crippen LogP contribution in [0.1, 0.15) is 11.1 Å². The van der Waals surface area contributed by atoms with Crippen LogP contribution in [0.5, 0.6) is 0 Å². The van der Waals surface area contributed by atoms with E-state index in [1.54, 1.807) is 0 Å². The zero-order chi connectivity index (χ0) is 8.72. The van der Waals surface area contributed by atoms with Crippen molar-refractivity contribution in [3.05, 3.63) is 34.2 Å². The van der Waals surface area contributed by atoms with Crippen molar-refractivity contribution >= 4 is 21.6 Å². The first-order chi connectivity index (χ1) is 5.68. The molecule has 0 bridgehead atoms. The molecule has 2 rings (SSSR count). The summed E-state index contributed by atoms with van der Waals surface area (Å²) in [7, 11) is 0. The van der Waals surface area contributed by atoms with Crippen molar-refractivity contribution in [2.75, 3.05) is 0 Å². The summed E-state index contributed by atoms with van der Waals surface area (Å²) in [5, 5.41) is 0. The van der Waals surface area contributed by atoms with Crippen LogP contribution in [0.4, 0.5) is 0 Å². The molecule has 0 aliphatic heterocycles. The van der Waals surface area contributed by atoms with E-state index in [9.17, 15) is 0 Å². The molecule has 0 fully saturated rings. The van der Waals surface area contributed by atoms with Crippen LogP contribution < -0.4 is 0 Å². The van der Waals surface area contributed by atoms with Gasteiger partial charge in [-0.15, -0.1) is 0 Å². The highest BCUT2D eigenvalue weighted by molar-refractivity contribution is 9.10. The van der Waals surface area contributed by atoms with Crippen molar-refractivity contribution < 1.29 is 0 Å². The lowest BCUT2D eigenvalue weighted by Gasteiger charge is -2.00. The fourth-order valence-corrected chi connectivity index (χ4v) is 1.64. The maximum absolute atomic E-state index is 4.35. The van der Waals surface area contributed by atoms with Gasteiger partial charge in [-0.2, -0.15) is 0 Å². The number of halogens is 1. The van der Waals surface area contributed by atoms with E-state index in [0.717, 1.165) is 10.3 Å². The minimum absolute atomic E-state index is 0.885. The predicted octanol–water partition coefficient (Wildman–Crippen LogP) is 2.71. The van der Waals surface area contributed by atoms with Gasteiger partial charge in [-0.3, -0.25) is 0 Å². The summed E-state index contributed by atoms with van der Waals surface area (Å²) in [5.41, 5.74) is 3.55. The smallest absolute Gasteiger partial charge is 0.141 e. The largest absolute Gasteiger partial charge is 0.306 e. The number of rotatable bonds is 0. The third kappa shape index (κ3) is 1.05. The quantitative estimate of drug-likeness (QED) is 0.673. The molecule has 0 aromatic carbocycles. The lowest BCUT2D eigenvalue weighted by molar-refractivity contribution is 1.14. The molecule has 3 heteroatoms. The van der Waals surface area contributed by atoms with E-state index in [0.29, 0.717) is 0 Å². The zero-order valence-electron chi connectivity index (χ0n) is 7.00. The second-order valence-corrected chi connectivity index (χ2v) is 3.73. The minimum Gasteiger partial charge on any atom is -0.306 e. The van der Waals surface area contributed by atoms with Crippen molar-refractivity contribution in [2.45, 2.75) is 13.8 Å². The van der Waals surface area contributed by atoms with Gasteiger partial charge in [-0.1, -0.05) is 0 Å². The summed E-state index contributed by atoms with van der Waals surface area (Å²) >= 11 is 3.35. The molecule has 0 saturated heterocycles. The number of fused-ring (bicyclic) bond motifs is 1. The van der Waals surface area contributed by atoms with Crippen LogP contribution in [0.2, 0.25) is 0 Å². The molecule has 2 nitrogen and oxygen atoms in total. The predicted molar refractivity (Wildman–Crippen MR) is 52.4 cm³/mol. The molecule has 0 N–H and O–H groups in total. The molecular weight excluding hydrogens is 216 g/mol. The SMILES string of the molecule is Cc1ccn2cc(Br)nc2c1C. The summed E-state index contributed by atoms with van der Waals surface area (Å²) in [6, 6.07) is 2.09. The Bertz CT molecular complexity index is 431. The number of nitrogens with zero attached hydrogens (tertiary/aromatic N) is 2. The fourth-order valence-electron chi connectivity index (χ4n) is 1.25. The van der Waals surface area contributed by atoms with Crippen LogP contribution in [0, 0.1) is 13.8 Å². The molecule has 0 aliphatic rings. The van der Waals surface area contributed by atoms with Gasteiger partial charge in [0.15, 0.2) is 0 Å². The molecule has 2 aromatic rings. The van der Waals surface area contributed by atoms with Crippen molar-refractivity contribution in [3.63, 3.8) is 0 Å². The van der Waals surface area contributed by atoms with Gasteiger partial charge < -0.3 is 4.40 Å². The molecule has 0 saturated carbocycles. The van der Waals surface area contributed by atoms with Crippen LogP contribution in [0.25, 0.3) is 5.65 Å². The van der Waals surface area contributed by atoms with E-state index in [2.05, 4.69) is 40.8 Å². The first-order valence-corrected chi connectivity index (χ1v) is 4.58. The normalized spacial score (nSPS) is 10.9. The van der Waals surface area contributed by atoms with Gasteiger partial charge in [-0.25, -0.2) is 4.98 Å². The zero-order valence-corrected chi connectivity index (χ0v) is 8.59. The molecule has 0 unspecified atom stereocenters. The molecule has 12 heavy (non-hydrogen) atoms. The fraction of sp³-hybridized carbons (Fsp3) is 0.222. The maximum atomic E-state index is 4.35. The average molecular weight is 225 g/mol. The Labute approximate surface area is 79.4 Å². The topological polar surface area (TPSA) is 17.3 Å². The standard InChI is InChI=1S/C9H9BrN2/c1-6-3-4-12-5-8(10)11-9(12)7(6)2/h3-5H,1-2H3. The Hall–Kier alpha value is -0.830. The molecule has 2 aromatic heterocycles. The summed E-state index contributed by atoms with van der Waals surface area (Å²) in [6.07, 6.45) is 3.98. The summed E-state index contributed by atoms with van der Waals surface area (Å²) in [4.78, 5) is 4.35. The Morgan fingerprint density at radius 1 is 1.42 bits per heavy atom. The van der Waals surface area contributed by atoms with Crippen LogP contribution in [0.15, 0.2) is 23.1 Å². The Balaban J connectivity index is 2.89. The van der Waals surface area contributed by atoms with E-state index in [1.165, 1.54) is 11.1 Å². The molecule has 2 heterocycles. The number of hydrogen-bond donors (Lipinski definition) is 0. The van der Waals surface area contributed by atoms with Gasteiger partial charge in [0.1, 0.15) is 10.3 Å². The molecule has 62 valence electrons. The molecule has 0 atom stereocenters. The van der Waals surface area contributed by atoms with Crippen LogP contribution >= 0.6 is 15.9 Å². The summed E-state index contributed by atoms with van der Waals surface area (Å²) in [6.45, 7) is 4.18. The van der Waals surface area contributed by atoms with Crippen molar-refractivity contribution in [3.8, 4) is 0 Å². The average Bonchev–Trinajstić information content (AvgIpc) is 2.39. The third-order valence-electron chi connectivity index (χ3n) is 2.11. The van der Waals surface area contributed by atoms with Crippen LogP contribution in [-0.2, 0) is 0 Å². The van der Waals surface area contributed by atoms with Gasteiger partial charge >= 0.3 is 0 Å². The van der Waals surface area contributed by atoms with E-state index in [1.807, 2.05) is 16.8 Å². The monoisotopic (exact) mass is 224 g/mol. The van der Waals surface area contributed by atoms with Gasteiger partial charge in [0.25, 0.3) is 0 Å². The van der Waals surface area contributed by atoms with Crippen LogP contribution in [0.3, 0.4) is 0 Å². The highest BCUT2D eigenvalue weighted by Gasteiger charge is 2.02.